The highest BCUT2D eigenvalue weighted by atomic mass is 35.5. The largest absolute Gasteiger partial charge is 0.495 e. The quantitative estimate of drug-likeness (QED) is 0.856. The predicted octanol–water partition coefficient (Wildman–Crippen LogP) is 3.22. The molecule has 1 unspecified atom stereocenters. The van der Waals surface area contributed by atoms with Crippen LogP contribution in [0.1, 0.15) is 30.7 Å². The van der Waals surface area contributed by atoms with E-state index >= 15 is 0 Å². The summed E-state index contributed by atoms with van der Waals surface area (Å²) in [5, 5.41) is 9.74. The highest BCUT2D eigenvalue weighted by Crippen LogP contribution is 2.45. The molecule has 2 nitrogen and oxygen atoms in total. The third kappa shape index (κ3) is 2.50. The van der Waals surface area contributed by atoms with E-state index in [1.54, 1.807) is 7.11 Å². The van der Waals surface area contributed by atoms with Gasteiger partial charge in [-0.1, -0.05) is 17.7 Å². The van der Waals surface area contributed by atoms with Crippen molar-refractivity contribution in [3.63, 3.8) is 0 Å². The molecule has 0 aromatic heterocycles. The van der Waals surface area contributed by atoms with Gasteiger partial charge < -0.3 is 9.84 Å². The second-order valence-corrected chi connectivity index (χ2v) is 4.76. The Balaban J connectivity index is 2.20. The van der Waals surface area contributed by atoms with Gasteiger partial charge in [-0.15, -0.1) is 0 Å². The molecule has 0 bridgehead atoms. The number of rotatable bonds is 5. The van der Waals surface area contributed by atoms with Crippen molar-refractivity contribution in [3.05, 3.63) is 28.8 Å². The van der Waals surface area contributed by atoms with E-state index in [4.69, 9.17) is 21.4 Å². The van der Waals surface area contributed by atoms with E-state index in [0.717, 1.165) is 12.3 Å². The summed E-state index contributed by atoms with van der Waals surface area (Å²) in [4.78, 5) is 0. The zero-order valence-corrected chi connectivity index (χ0v) is 10.2. The van der Waals surface area contributed by atoms with Gasteiger partial charge in [-0.25, -0.2) is 0 Å². The first-order chi connectivity index (χ1) is 7.76. The van der Waals surface area contributed by atoms with E-state index in [9.17, 15) is 0 Å². The van der Waals surface area contributed by atoms with Gasteiger partial charge >= 0.3 is 0 Å². The Morgan fingerprint density at radius 3 is 2.75 bits per heavy atom. The number of aliphatic hydroxyl groups excluding tert-OH is 1. The van der Waals surface area contributed by atoms with Crippen LogP contribution >= 0.6 is 11.6 Å². The lowest BCUT2D eigenvalue weighted by molar-refractivity contribution is 0.270. The fourth-order valence-corrected chi connectivity index (χ4v) is 2.49. The smallest absolute Gasteiger partial charge is 0.137 e. The van der Waals surface area contributed by atoms with E-state index in [2.05, 4.69) is 6.07 Å². The topological polar surface area (TPSA) is 29.5 Å². The lowest BCUT2D eigenvalue weighted by Gasteiger charge is -2.16. The summed E-state index contributed by atoms with van der Waals surface area (Å²) in [6.07, 6.45) is 3.37. The van der Waals surface area contributed by atoms with Crippen LogP contribution in [0.15, 0.2) is 18.2 Å². The standard InChI is InChI=1S/C13H17ClO2/c1-16-13-5-4-10(8-12(13)14)11(6-7-15)9-2-3-9/h4-5,8-9,11,15H,2-3,6-7H2,1H3. The number of aliphatic hydroxyl groups is 1. The van der Waals surface area contributed by atoms with Gasteiger partial charge in [-0.2, -0.15) is 0 Å². The van der Waals surface area contributed by atoms with Gasteiger partial charge in [0.15, 0.2) is 0 Å². The molecule has 0 aliphatic heterocycles. The number of ether oxygens (including phenoxy) is 1. The molecule has 1 aliphatic rings. The molecule has 0 radical (unpaired) electrons. The molecule has 1 aromatic carbocycles. The maximum Gasteiger partial charge on any atom is 0.137 e. The van der Waals surface area contributed by atoms with Crippen LogP contribution in [-0.2, 0) is 0 Å². The van der Waals surface area contributed by atoms with Crippen LogP contribution < -0.4 is 4.74 Å². The Kier molecular flexibility index (Phi) is 3.72. The molecule has 1 saturated carbocycles. The van der Waals surface area contributed by atoms with Crippen LogP contribution in [0.2, 0.25) is 5.02 Å². The molecular weight excluding hydrogens is 224 g/mol. The molecule has 1 atom stereocenters. The van der Waals surface area contributed by atoms with Gasteiger partial charge in [0, 0.05) is 6.61 Å². The summed E-state index contributed by atoms with van der Waals surface area (Å²) < 4.78 is 5.13. The number of hydrogen-bond donors (Lipinski definition) is 1. The minimum Gasteiger partial charge on any atom is -0.495 e. The van der Waals surface area contributed by atoms with Gasteiger partial charge in [0.25, 0.3) is 0 Å². The zero-order chi connectivity index (χ0) is 11.5. The summed E-state index contributed by atoms with van der Waals surface area (Å²) in [5.41, 5.74) is 1.22. The molecule has 1 aliphatic carbocycles. The summed E-state index contributed by atoms with van der Waals surface area (Å²) in [5.74, 6) is 1.90. The first-order valence-corrected chi connectivity index (χ1v) is 6.08. The Bertz CT molecular complexity index is 361. The third-order valence-electron chi connectivity index (χ3n) is 3.24. The lowest BCUT2D eigenvalue weighted by atomic mass is 9.91. The minimum absolute atomic E-state index is 0.241. The number of benzene rings is 1. The first-order valence-electron chi connectivity index (χ1n) is 5.70. The maximum absolute atomic E-state index is 9.09. The molecule has 3 heteroatoms. The summed E-state index contributed by atoms with van der Waals surface area (Å²) in [6.45, 7) is 0.241. The van der Waals surface area contributed by atoms with Crippen LogP contribution in [0, 0.1) is 5.92 Å². The summed E-state index contributed by atoms with van der Waals surface area (Å²) in [7, 11) is 1.62. The summed E-state index contributed by atoms with van der Waals surface area (Å²) >= 11 is 6.11. The average molecular weight is 241 g/mol. The van der Waals surface area contributed by atoms with Crippen molar-refractivity contribution < 1.29 is 9.84 Å². The average Bonchev–Trinajstić information content (AvgIpc) is 3.09. The molecule has 0 saturated heterocycles. The van der Waals surface area contributed by atoms with Crippen molar-refractivity contribution in [2.45, 2.75) is 25.2 Å². The minimum atomic E-state index is 0.241. The molecule has 1 aromatic rings. The normalized spacial score (nSPS) is 17.2. The van der Waals surface area contributed by atoms with Crippen LogP contribution in [0.3, 0.4) is 0 Å². The fourth-order valence-electron chi connectivity index (χ4n) is 2.23. The van der Waals surface area contributed by atoms with Crippen molar-refractivity contribution >= 4 is 11.6 Å². The van der Waals surface area contributed by atoms with E-state index < -0.39 is 0 Å². The maximum atomic E-state index is 9.09. The molecule has 0 heterocycles. The molecule has 1 N–H and O–H groups in total. The van der Waals surface area contributed by atoms with Crippen LogP contribution in [0.25, 0.3) is 0 Å². The Morgan fingerprint density at radius 2 is 2.25 bits per heavy atom. The molecule has 1 fully saturated rings. The van der Waals surface area contributed by atoms with Gasteiger partial charge in [0.1, 0.15) is 5.75 Å². The lowest BCUT2D eigenvalue weighted by Crippen LogP contribution is -2.04. The predicted molar refractivity (Wildman–Crippen MR) is 65.2 cm³/mol. The summed E-state index contributed by atoms with van der Waals surface area (Å²) in [6, 6.07) is 5.94. The number of hydrogen-bond acceptors (Lipinski definition) is 2. The van der Waals surface area contributed by atoms with Crippen molar-refractivity contribution in [1.82, 2.24) is 0 Å². The molecular formula is C13H17ClO2. The second-order valence-electron chi connectivity index (χ2n) is 4.35. The molecule has 88 valence electrons. The fraction of sp³-hybridized carbons (Fsp3) is 0.538. The van der Waals surface area contributed by atoms with Crippen molar-refractivity contribution in [2.24, 2.45) is 5.92 Å². The van der Waals surface area contributed by atoms with Gasteiger partial charge in [0.2, 0.25) is 0 Å². The van der Waals surface area contributed by atoms with Gasteiger partial charge in [-0.3, -0.25) is 0 Å². The van der Waals surface area contributed by atoms with E-state index in [0.29, 0.717) is 16.7 Å². The Hall–Kier alpha value is -0.730. The first kappa shape index (κ1) is 11.7. The second kappa shape index (κ2) is 5.07. The van der Waals surface area contributed by atoms with Crippen molar-refractivity contribution in [1.29, 1.82) is 0 Å². The Labute approximate surface area is 101 Å². The highest BCUT2D eigenvalue weighted by molar-refractivity contribution is 6.32. The molecule has 2 rings (SSSR count). The number of halogens is 1. The van der Waals surface area contributed by atoms with Crippen LogP contribution in [0.4, 0.5) is 0 Å². The number of methoxy groups -OCH3 is 1. The van der Waals surface area contributed by atoms with E-state index in [1.807, 2.05) is 12.1 Å². The van der Waals surface area contributed by atoms with Gasteiger partial charge in [0.05, 0.1) is 12.1 Å². The van der Waals surface area contributed by atoms with Crippen molar-refractivity contribution in [2.75, 3.05) is 13.7 Å². The Morgan fingerprint density at radius 1 is 1.50 bits per heavy atom. The SMILES string of the molecule is COc1ccc(C(CCO)C2CC2)cc1Cl. The van der Waals surface area contributed by atoms with Crippen LogP contribution in [0.5, 0.6) is 5.75 Å². The van der Waals surface area contributed by atoms with E-state index in [1.165, 1.54) is 18.4 Å². The molecule has 0 spiro atoms. The molecule has 16 heavy (non-hydrogen) atoms. The van der Waals surface area contributed by atoms with Gasteiger partial charge in [-0.05, 0) is 48.8 Å². The molecule has 0 amide bonds. The van der Waals surface area contributed by atoms with Crippen LogP contribution in [-0.4, -0.2) is 18.8 Å². The van der Waals surface area contributed by atoms with E-state index in [-0.39, 0.29) is 6.61 Å². The monoisotopic (exact) mass is 240 g/mol. The highest BCUT2D eigenvalue weighted by Gasteiger charge is 2.31. The van der Waals surface area contributed by atoms with Crippen molar-refractivity contribution in [3.8, 4) is 5.75 Å². The zero-order valence-electron chi connectivity index (χ0n) is 9.45. The third-order valence-corrected chi connectivity index (χ3v) is 3.53.